The van der Waals surface area contributed by atoms with Gasteiger partial charge in [0.15, 0.2) is 11.5 Å². The highest BCUT2D eigenvalue weighted by atomic mass is 35.5. The van der Waals surface area contributed by atoms with Gasteiger partial charge in [-0.15, -0.1) is 0 Å². The number of benzene rings is 2. The van der Waals surface area contributed by atoms with Gasteiger partial charge in [-0.25, -0.2) is 14.2 Å². The molecule has 1 heterocycles. The Hall–Kier alpha value is -3.63. The number of carboxylic acids is 1. The van der Waals surface area contributed by atoms with Gasteiger partial charge in [0, 0.05) is 31.2 Å². The Balaban J connectivity index is 1.31. The first-order valence-electron chi connectivity index (χ1n) is 14.4. The Labute approximate surface area is 249 Å². The maximum Gasteiger partial charge on any atom is 0.353 e. The van der Waals surface area contributed by atoms with E-state index in [1.807, 2.05) is 24.3 Å². The van der Waals surface area contributed by atoms with E-state index in [1.165, 1.54) is 29.1 Å². The number of aliphatic carboxylic acids is 1. The number of carboxylic acid groups (broad SMARTS) is 1. The van der Waals surface area contributed by atoms with Crippen molar-refractivity contribution in [2.24, 2.45) is 18.9 Å². The second kappa shape index (κ2) is 13.1. The molecule has 2 aromatic carbocycles. The summed E-state index contributed by atoms with van der Waals surface area (Å²) in [6, 6.07) is 12.3. The van der Waals surface area contributed by atoms with Crippen molar-refractivity contribution in [2.45, 2.75) is 57.7 Å². The van der Waals surface area contributed by atoms with Crippen LogP contribution in [0.4, 0.5) is 0 Å². The van der Waals surface area contributed by atoms with E-state index in [4.69, 9.17) is 21.1 Å². The smallest absolute Gasteiger partial charge is 0.353 e. The second-order valence-corrected chi connectivity index (χ2v) is 11.7. The number of halogens is 1. The van der Waals surface area contributed by atoms with Gasteiger partial charge in [0.05, 0.1) is 19.6 Å². The largest absolute Gasteiger partial charge is 0.493 e. The van der Waals surface area contributed by atoms with Crippen LogP contribution in [0.15, 0.2) is 52.3 Å². The molecule has 0 radical (unpaired) electrons. The highest BCUT2D eigenvalue weighted by molar-refractivity contribution is 6.30. The Morgan fingerprint density at radius 3 is 2.62 bits per heavy atom. The topological polar surface area (TPSA) is 116 Å². The Bertz CT molecular complexity index is 1550. The number of aryl methyl sites for hydroxylation is 2. The van der Waals surface area contributed by atoms with Gasteiger partial charge in [0.25, 0.3) is 0 Å². The van der Waals surface area contributed by atoms with Gasteiger partial charge in [-0.2, -0.15) is 4.98 Å². The number of nitrogens with zero attached hydrogens (tertiary/aromatic N) is 4. The summed E-state index contributed by atoms with van der Waals surface area (Å²) in [6.07, 6.45) is 6.45. The lowest BCUT2D eigenvalue weighted by Crippen LogP contribution is -2.41. The van der Waals surface area contributed by atoms with Crippen LogP contribution >= 0.6 is 11.6 Å². The molecule has 1 saturated carbocycles. The molecule has 10 nitrogen and oxygen atoms in total. The van der Waals surface area contributed by atoms with Gasteiger partial charge < -0.3 is 14.6 Å². The molecule has 42 heavy (non-hydrogen) atoms. The summed E-state index contributed by atoms with van der Waals surface area (Å²) >= 11 is 6.29. The summed E-state index contributed by atoms with van der Waals surface area (Å²) in [4.78, 5) is 42.0. The molecule has 0 aliphatic heterocycles. The van der Waals surface area contributed by atoms with E-state index in [9.17, 15) is 19.5 Å². The fraction of sp³-hybridized carbons (Fsp3) is 0.484. The third-order valence-electron chi connectivity index (χ3n) is 8.57. The lowest BCUT2D eigenvalue weighted by Gasteiger charge is -2.35. The van der Waals surface area contributed by atoms with E-state index < -0.39 is 17.3 Å². The molecule has 1 N–H and O–H groups in total. The monoisotopic (exact) mass is 596 g/mol. The van der Waals surface area contributed by atoms with Crippen LogP contribution in [0.25, 0.3) is 0 Å². The van der Waals surface area contributed by atoms with Gasteiger partial charge in [0.2, 0.25) is 0 Å². The summed E-state index contributed by atoms with van der Waals surface area (Å²) < 4.78 is 13.9. The van der Waals surface area contributed by atoms with Crippen molar-refractivity contribution in [1.82, 2.24) is 19.0 Å². The zero-order valence-electron chi connectivity index (χ0n) is 24.0. The molecule has 0 amide bonds. The first-order valence-corrected chi connectivity index (χ1v) is 14.8. The molecule has 0 spiro atoms. The predicted molar refractivity (Wildman–Crippen MR) is 158 cm³/mol. The minimum absolute atomic E-state index is 0.0628. The van der Waals surface area contributed by atoms with Crippen LogP contribution in [0.3, 0.4) is 0 Å². The normalized spacial score (nSPS) is 20.0. The quantitative estimate of drug-likeness (QED) is 0.352. The van der Waals surface area contributed by atoms with E-state index in [1.54, 1.807) is 7.11 Å². The molecule has 1 fully saturated rings. The molecular weight excluding hydrogens is 560 g/mol. The van der Waals surface area contributed by atoms with E-state index in [0.29, 0.717) is 24.0 Å². The minimum Gasteiger partial charge on any atom is -0.493 e. The number of rotatable bonds is 11. The highest BCUT2D eigenvalue weighted by Crippen LogP contribution is 2.40. The number of methoxy groups -OCH3 is 1. The van der Waals surface area contributed by atoms with Crippen LogP contribution in [-0.4, -0.2) is 50.4 Å². The zero-order valence-corrected chi connectivity index (χ0v) is 24.8. The number of hydrogen-bond acceptors (Lipinski definition) is 7. The highest BCUT2D eigenvalue weighted by Gasteiger charge is 2.32. The Morgan fingerprint density at radius 1 is 1.10 bits per heavy atom. The molecule has 5 rings (SSSR count). The minimum atomic E-state index is -0.684. The number of carbonyl (C=O) groups is 1. The Kier molecular flexibility index (Phi) is 9.33. The fourth-order valence-electron chi connectivity index (χ4n) is 6.30. The van der Waals surface area contributed by atoms with Crippen molar-refractivity contribution in [3.8, 4) is 11.5 Å². The van der Waals surface area contributed by atoms with Crippen molar-refractivity contribution in [1.29, 1.82) is 0 Å². The lowest BCUT2D eigenvalue weighted by molar-refractivity contribution is -0.143. The average molecular weight is 597 g/mol. The number of hydrogen-bond donors (Lipinski definition) is 1. The molecule has 0 unspecified atom stereocenters. The molecule has 3 aromatic rings. The summed E-state index contributed by atoms with van der Waals surface area (Å²) in [5.41, 5.74) is 2.60. The summed E-state index contributed by atoms with van der Waals surface area (Å²) in [6.45, 7) is 1.74. The van der Waals surface area contributed by atoms with Crippen molar-refractivity contribution < 1.29 is 19.4 Å². The molecule has 1 atom stereocenters. The standard InChI is InChI=1S/C31H37ClN4O6/c1-34-19-33-30(39)36(31(34)40)13-14-42-27-12-5-21(15-28(27)41-2)18-35(17-20-3-6-22(7-4-20)29(37)38)26-11-8-23-16-24(32)9-10-25(23)26/h5,9-10,12,15-16,19-20,22,26H,3-4,6-8,11,13-14,17-18H2,1-2H3,(H,37,38)/t20-,22-,26-/m0/s1. The second-order valence-electron chi connectivity index (χ2n) is 11.3. The van der Waals surface area contributed by atoms with Crippen molar-refractivity contribution in [3.63, 3.8) is 0 Å². The van der Waals surface area contributed by atoms with Crippen LogP contribution in [-0.2, 0) is 31.4 Å². The average Bonchev–Trinajstić information content (AvgIpc) is 3.40. The van der Waals surface area contributed by atoms with E-state index in [2.05, 4.69) is 22.0 Å². The maximum atomic E-state index is 12.3. The van der Waals surface area contributed by atoms with E-state index >= 15 is 0 Å². The lowest BCUT2D eigenvalue weighted by atomic mass is 9.81. The van der Waals surface area contributed by atoms with Crippen molar-refractivity contribution >= 4 is 17.6 Å². The molecule has 2 aliphatic rings. The zero-order chi connectivity index (χ0) is 29.8. The molecule has 0 saturated heterocycles. The first-order chi connectivity index (χ1) is 20.2. The number of aromatic nitrogens is 3. The molecule has 11 heteroatoms. The molecule has 0 bridgehead atoms. The SMILES string of the molecule is COc1cc(CN(C[C@H]2CC[C@H](C(=O)O)CC2)[C@H]2CCc3cc(Cl)ccc32)ccc1OCCn1c(=O)ncn(C)c1=O. The van der Waals surface area contributed by atoms with Gasteiger partial charge >= 0.3 is 17.3 Å². The first kappa shape index (κ1) is 29.8. The molecule has 224 valence electrons. The van der Waals surface area contributed by atoms with Crippen LogP contribution in [0, 0.1) is 11.8 Å². The van der Waals surface area contributed by atoms with Gasteiger partial charge in [-0.3, -0.25) is 14.3 Å². The predicted octanol–water partition coefficient (Wildman–Crippen LogP) is 4.06. The van der Waals surface area contributed by atoms with Crippen LogP contribution < -0.4 is 20.9 Å². The molecule has 2 aliphatic carbocycles. The van der Waals surface area contributed by atoms with E-state index in [0.717, 1.165) is 60.2 Å². The third kappa shape index (κ3) is 6.71. The van der Waals surface area contributed by atoms with Gasteiger partial charge in [-0.05, 0) is 85.4 Å². The molecule has 1 aromatic heterocycles. The fourth-order valence-corrected chi connectivity index (χ4v) is 6.49. The van der Waals surface area contributed by atoms with Gasteiger partial charge in [-0.1, -0.05) is 23.7 Å². The van der Waals surface area contributed by atoms with Crippen LogP contribution in [0.2, 0.25) is 5.02 Å². The van der Waals surface area contributed by atoms with E-state index in [-0.39, 0.29) is 25.1 Å². The van der Waals surface area contributed by atoms with Crippen LogP contribution in [0.5, 0.6) is 11.5 Å². The molecular formula is C31H37ClN4O6. The summed E-state index contributed by atoms with van der Waals surface area (Å²) in [5.74, 6) is 0.607. The number of fused-ring (bicyclic) bond motifs is 1. The Morgan fingerprint density at radius 2 is 1.88 bits per heavy atom. The maximum absolute atomic E-state index is 12.3. The van der Waals surface area contributed by atoms with Crippen molar-refractivity contribution in [3.05, 3.63) is 85.4 Å². The van der Waals surface area contributed by atoms with Crippen molar-refractivity contribution in [2.75, 3.05) is 20.3 Å². The summed E-state index contributed by atoms with van der Waals surface area (Å²) in [5, 5.41) is 10.2. The van der Waals surface area contributed by atoms with Gasteiger partial charge in [0.1, 0.15) is 12.9 Å². The third-order valence-corrected chi connectivity index (χ3v) is 8.81. The number of ether oxygens (including phenoxy) is 2. The van der Waals surface area contributed by atoms with Crippen LogP contribution in [0.1, 0.15) is 54.8 Å². The summed E-state index contributed by atoms with van der Waals surface area (Å²) in [7, 11) is 3.13.